The van der Waals surface area contributed by atoms with E-state index in [9.17, 15) is 19.1 Å². The van der Waals surface area contributed by atoms with E-state index in [1.165, 1.54) is 19.3 Å². The van der Waals surface area contributed by atoms with Gasteiger partial charge in [-0.2, -0.15) is 0 Å². The molecule has 158 valence electrons. The van der Waals surface area contributed by atoms with Gasteiger partial charge >= 0.3 is 12.1 Å². The lowest BCUT2D eigenvalue weighted by Gasteiger charge is -2.37. The van der Waals surface area contributed by atoms with Crippen LogP contribution in [0, 0.1) is 11.8 Å². The molecular weight excluding hydrogens is 365 g/mol. The van der Waals surface area contributed by atoms with E-state index >= 15 is 0 Å². The number of piperidine rings is 1. The number of carbonyl (C=O) groups is 2. The summed E-state index contributed by atoms with van der Waals surface area (Å²) in [6.07, 6.45) is 3.22. The molecule has 2 atom stereocenters. The number of allylic oxidation sites excluding steroid dienone is 4. The van der Waals surface area contributed by atoms with E-state index in [1.807, 2.05) is 0 Å². The molecule has 1 N–H and O–H groups in total. The summed E-state index contributed by atoms with van der Waals surface area (Å²) in [5.74, 6) is -2.02. The largest absolute Gasteiger partial charge is 0.469 e. The molecule has 28 heavy (non-hydrogen) atoms. The highest BCUT2D eigenvalue weighted by Gasteiger charge is 2.39. The lowest BCUT2D eigenvalue weighted by atomic mass is 9.79. The molecule has 0 aliphatic carbocycles. The minimum absolute atomic E-state index is 0.169. The minimum atomic E-state index is -1.11. The van der Waals surface area contributed by atoms with Crippen LogP contribution in [0.5, 0.6) is 0 Å². The zero-order chi connectivity index (χ0) is 21.5. The Labute approximate surface area is 166 Å². The zero-order valence-corrected chi connectivity index (χ0v) is 17.4. The van der Waals surface area contributed by atoms with E-state index in [0.717, 1.165) is 6.08 Å². The third kappa shape index (κ3) is 7.11. The molecule has 7 heteroatoms. The number of esters is 1. The number of carbonyl (C=O) groups excluding carboxylic acids is 2. The summed E-state index contributed by atoms with van der Waals surface area (Å²) >= 11 is 0. The Hall–Kier alpha value is -2.15. The molecule has 0 saturated carbocycles. The molecule has 1 fully saturated rings. The minimum Gasteiger partial charge on any atom is -0.469 e. The van der Waals surface area contributed by atoms with Gasteiger partial charge in [-0.05, 0) is 64.2 Å². The molecule has 1 aliphatic heterocycles. The molecule has 0 radical (unpaired) electrons. The Morgan fingerprint density at radius 3 is 2.29 bits per heavy atom. The van der Waals surface area contributed by atoms with Gasteiger partial charge in [-0.15, -0.1) is 0 Å². The number of hydrogen-bond donors (Lipinski definition) is 1. The molecule has 1 rings (SSSR count). The number of aliphatic hydroxyl groups excluding tert-OH is 1. The first-order valence-electron chi connectivity index (χ1n) is 9.40. The van der Waals surface area contributed by atoms with Crippen molar-refractivity contribution in [2.45, 2.75) is 52.2 Å². The van der Waals surface area contributed by atoms with Crippen molar-refractivity contribution in [3.8, 4) is 0 Å². The summed E-state index contributed by atoms with van der Waals surface area (Å²) in [4.78, 5) is 26.1. The van der Waals surface area contributed by atoms with Gasteiger partial charge in [0.2, 0.25) is 0 Å². The van der Waals surface area contributed by atoms with E-state index in [4.69, 9.17) is 9.47 Å². The number of aliphatic hydroxyl groups is 1. The zero-order valence-electron chi connectivity index (χ0n) is 17.4. The summed E-state index contributed by atoms with van der Waals surface area (Å²) < 4.78 is 23.5. The van der Waals surface area contributed by atoms with E-state index in [1.54, 1.807) is 32.6 Å². The van der Waals surface area contributed by atoms with Crippen LogP contribution in [-0.2, 0) is 14.3 Å². The van der Waals surface area contributed by atoms with Crippen molar-refractivity contribution in [3.05, 3.63) is 36.2 Å². The van der Waals surface area contributed by atoms with Crippen LogP contribution in [0.3, 0.4) is 0 Å². The quantitative estimate of drug-likeness (QED) is 0.545. The fourth-order valence-electron chi connectivity index (χ4n) is 3.14. The number of amides is 1. The molecule has 2 unspecified atom stereocenters. The lowest BCUT2D eigenvalue weighted by molar-refractivity contribution is -0.152. The predicted molar refractivity (Wildman–Crippen MR) is 105 cm³/mol. The molecule has 0 aromatic carbocycles. The van der Waals surface area contributed by atoms with E-state index in [2.05, 4.69) is 6.58 Å². The summed E-state index contributed by atoms with van der Waals surface area (Å²) in [7, 11) is 1.27. The van der Waals surface area contributed by atoms with Crippen molar-refractivity contribution < 1.29 is 28.6 Å². The Balaban J connectivity index is 2.86. The average Bonchev–Trinajstić information content (AvgIpc) is 2.64. The van der Waals surface area contributed by atoms with Gasteiger partial charge in [0.1, 0.15) is 11.4 Å². The van der Waals surface area contributed by atoms with Gasteiger partial charge in [-0.25, -0.2) is 9.18 Å². The number of rotatable bonds is 6. The molecule has 0 aromatic heterocycles. The first-order chi connectivity index (χ1) is 13.0. The molecule has 1 heterocycles. The lowest BCUT2D eigenvalue weighted by Crippen LogP contribution is -2.46. The molecule has 1 saturated heterocycles. The number of ether oxygens (including phenoxy) is 2. The molecule has 6 nitrogen and oxygen atoms in total. The second-order valence-corrected chi connectivity index (χ2v) is 7.96. The van der Waals surface area contributed by atoms with Gasteiger partial charge in [0, 0.05) is 13.1 Å². The fourth-order valence-corrected chi connectivity index (χ4v) is 3.14. The van der Waals surface area contributed by atoms with Gasteiger partial charge in [0.05, 0.1) is 19.1 Å². The molecule has 0 spiro atoms. The fraction of sp³-hybridized carbons (Fsp3) is 0.619. The van der Waals surface area contributed by atoms with Crippen molar-refractivity contribution in [1.29, 1.82) is 0 Å². The maximum Gasteiger partial charge on any atom is 0.410 e. The molecular formula is C21H32FNO5. The van der Waals surface area contributed by atoms with E-state index < -0.39 is 29.4 Å². The molecule has 1 aliphatic rings. The summed E-state index contributed by atoms with van der Waals surface area (Å²) in [5.41, 5.74) is -0.128. The predicted octanol–water partition coefficient (Wildman–Crippen LogP) is 3.77. The van der Waals surface area contributed by atoms with Crippen molar-refractivity contribution in [2.24, 2.45) is 11.8 Å². The van der Waals surface area contributed by atoms with E-state index in [0.29, 0.717) is 31.5 Å². The maximum absolute atomic E-state index is 13.2. The Kier molecular flexibility index (Phi) is 8.88. The molecule has 1 amide bonds. The molecule has 0 bridgehead atoms. The van der Waals surface area contributed by atoms with Crippen LogP contribution in [0.15, 0.2) is 36.2 Å². The third-order valence-corrected chi connectivity index (χ3v) is 4.68. The number of hydrogen-bond acceptors (Lipinski definition) is 5. The second kappa shape index (κ2) is 10.4. The number of likely N-dealkylation sites (tertiary alicyclic amines) is 1. The van der Waals surface area contributed by atoms with Crippen LogP contribution in [0.2, 0.25) is 0 Å². The highest BCUT2D eigenvalue weighted by Crippen LogP contribution is 2.31. The van der Waals surface area contributed by atoms with Crippen molar-refractivity contribution in [2.75, 3.05) is 20.2 Å². The molecule has 0 aromatic rings. The SMILES string of the molecule is C=C/C(F)=C\C=C(/C)C(O)C(C(=O)OC)C1CCN(C(=O)OC(C)(C)C)CC1. The van der Waals surface area contributed by atoms with Crippen LogP contribution in [0.25, 0.3) is 0 Å². The average molecular weight is 397 g/mol. The van der Waals surface area contributed by atoms with Gasteiger partial charge < -0.3 is 19.5 Å². The van der Waals surface area contributed by atoms with Gasteiger partial charge in [0.25, 0.3) is 0 Å². The Bertz CT molecular complexity index is 627. The smallest absolute Gasteiger partial charge is 0.410 e. The highest BCUT2D eigenvalue weighted by atomic mass is 19.1. The van der Waals surface area contributed by atoms with Crippen LogP contribution < -0.4 is 0 Å². The first kappa shape index (κ1) is 23.9. The Morgan fingerprint density at radius 1 is 1.25 bits per heavy atom. The highest BCUT2D eigenvalue weighted by molar-refractivity contribution is 5.74. The summed E-state index contributed by atoms with van der Waals surface area (Å²) in [6, 6.07) is 0. The van der Waals surface area contributed by atoms with Crippen LogP contribution in [0.4, 0.5) is 9.18 Å². The maximum atomic E-state index is 13.2. The van der Waals surface area contributed by atoms with Crippen molar-refractivity contribution in [3.63, 3.8) is 0 Å². The first-order valence-corrected chi connectivity index (χ1v) is 9.40. The topological polar surface area (TPSA) is 76.1 Å². The summed E-state index contributed by atoms with van der Waals surface area (Å²) in [6.45, 7) is 11.2. The van der Waals surface area contributed by atoms with Crippen molar-refractivity contribution >= 4 is 12.1 Å². The van der Waals surface area contributed by atoms with Gasteiger partial charge in [-0.3, -0.25) is 4.79 Å². The second-order valence-electron chi connectivity index (χ2n) is 7.96. The number of methoxy groups -OCH3 is 1. The number of halogens is 1. The van der Waals surface area contributed by atoms with Crippen LogP contribution in [-0.4, -0.2) is 54.0 Å². The van der Waals surface area contributed by atoms with E-state index in [-0.39, 0.29) is 12.0 Å². The van der Waals surface area contributed by atoms with Gasteiger partial charge in [0.15, 0.2) is 0 Å². The van der Waals surface area contributed by atoms with Crippen molar-refractivity contribution in [1.82, 2.24) is 4.90 Å². The van der Waals surface area contributed by atoms with Gasteiger partial charge in [-0.1, -0.05) is 12.7 Å². The van der Waals surface area contributed by atoms with Crippen LogP contribution in [0.1, 0.15) is 40.5 Å². The normalized spacial score (nSPS) is 19.0. The monoisotopic (exact) mass is 397 g/mol. The summed E-state index contributed by atoms with van der Waals surface area (Å²) in [5, 5.41) is 10.7. The third-order valence-electron chi connectivity index (χ3n) is 4.68. The number of nitrogens with zero attached hydrogens (tertiary/aromatic N) is 1. The Morgan fingerprint density at radius 2 is 1.82 bits per heavy atom. The van der Waals surface area contributed by atoms with Crippen LogP contribution >= 0.6 is 0 Å². The standard InChI is InChI=1S/C21H32FNO5/c1-7-16(22)9-8-14(2)18(24)17(19(25)27-6)15-10-12-23(13-11-15)20(26)28-21(3,4)5/h7-9,15,17-18,24H,1,10-13H2,2-6H3/b14-8+,16-9+.